The van der Waals surface area contributed by atoms with Crippen LogP contribution in [-0.2, 0) is 31.9 Å². The molecular weight excluding hydrogens is 448 g/mol. The third-order valence-corrected chi connectivity index (χ3v) is 5.92. The molecular formula is C27H40N2O6. The fourth-order valence-corrected chi connectivity index (χ4v) is 4.28. The van der Waals surface area contributed by atoms with E-state index in [9.17, 15) is 14.7 Å². The molecule has 2 rings (SSSR count). The number of benzene rings is 1. The topological polar surface area (TPSA) is 120 Å². The van der Waals surface area contributed by atoms with E-state index in [1.165, 1.54) is 21.0 Å². The van der Waals surface area contributed by atoms with Gasteiger partial charge in [-0.15, -0.1) is 0 Å². The van der Waals surface area contributed by atoms with Crippen molar-refractivity contribution in [3.05, 3.63) is 46.8 Å². The average Bonchev–Trinajstić information content (AvgIpc) is 2.78. The summed E-state index contributed by atoms with van der Waals surface area (Å²) in [7, 11) is 1.52. The van der Waals surface area contributed by atoms with Crippen LogP contribution in [0.25, 0.3) is 0 Å². The van der Waals surface area contributed by atoms with Crippen LogP contribution in [0.5, 0.6) is 11.5 Å². The summed E-state index contributed by atoms with van der Waals surface area (Å²) in [6.07, 6.45) is 9.13. The van der Waals surface area contributed by atoms with Crippen molar-refractivity contribution in [3.8, 4) is 11.5 Å². The highest BCUT2D eigenvalue weighted by molar-refractivity contribution is 5.66. The number of allylic oxidation sites excluding steroid dienone is 2. The Morgan fingerprint density at radius 2 is 1.80 bits per heavy atom. The van der Waals surface area contributed by atoms with Crippen molar-refractivity contribution in [2.45, 2.75) is 84.3 Å². The molecule has 8 nitrogen and oxygen atoms in total. The Hall–Kier alpha value is -3.16. The maximum atomic E-state index is 11.8. The molecule has 0 fully saturated rings. The molecule has 1 aromatic carbocycles. The molecule has 0 aromatic heterocycles. The Morgan fingerprint density at radius 3 is 2.40 bits per heavy atom. The molecule has 0 saturated carbocycles. The number of unbranched alkanes of at least 4 members (excludes halogenated alkanes) is 2. The first-order valence-electron chi connectivity index (χ1n) is 12.3. The van der Waals surface area contributed by atoms with E-state index in [2.05, 4.69) is 12.2 Å². The van der Waals surface area contributed by atoms with Crippen LogP contribution in [0.4, 0.5) is 0 Å². The van der Waals surface area contributed by atoms with Crippen LogP contribution in [0.3, 0.4) is 0 Å². The number of phenols is 1. The van der Waals surface area contributed by atoms with E-state index in [0.29, 0.717) is 43.8 Å². The minimum Gasteiger partial charge on any atom is -0.504 e. The molecule has 1 aliphatic rings. The minimum absolute atomic E-state index is 0.102. The van der Waals surface area contributed by atoms with Gasteiger partial charge in [-0.1, -0.05) is 31.9 Å². The Labute approximate surface area is 208 Å². The van der Waals surface area contributed by atoms with Gasteiger partial charge in [0.1, 0.15) is 12.2 Å². The van der Waals surface area contributed by atoms with Gasteiger partial charge >= 0.3 is 11.9 Å². The van der Waals surface area contributed by atoms with Crippen LogP contribution in [0.15, 0.2) is 35.7 Å². The molecule has 4 N–H and O–H groups in total. The first kappa shape index (κ1) is 28.1. The van der Waals surface area contributed by atoms with E-state index in [1.807, 2.05) is 18.2 Å². The van der Waals surface area contributed by atoms with Crippen molar-refractivity contribution in [1.82, 2.24) is 5.32 Å². The SMILES string of the molecule is CCCCCC(CC(CCc1cc(CC2=CCNC(N)=C2)c(O)c(OC)c1)OC(C)=O)OC(C)=O. The number of nitrogens with two attached hydrogens (primary N) is 1. The van der Waals surface area contributed by atoms with Gasteiger partial charge in [-0.2, -0.15) is 0 Å². The largest absolute Gasteiger partial charge is 0.504 e. The quantitative estimate of drug-likeness (QED) is 0.265. The summed E-state index contributed by atoms with van der Waals surface area (Å²) < 4.78 is 16.5. The summed E-state index contributed by atoms with van der Waals surface area (Å²) in [4.78, 5) is 23.4. The predicted octanol–water partition coefficient (Wildman–Crippen LogP) is 4.04. The van der Waals surface area contributed by atoms with E-state index in [-0.39, 0.29) is 23.8 Å². The minimum atomic E-state index is -0.392. The van der Waals surface area contributed by atoms with Crippen molar-refractivity contribution in [2.24, 2.45) is 5.73 Å². The molecule has 2 atom stereocenters. The van der Waals surface area contributed by atoms with Gasteiger partial charge in [-0.3, -0.25) is 9.59 Å². The lowest BCUT2D eigenvalue weighted by Crippen LogP contribution is -2.27. The van der Waals surface area contributed by atoms with Crippen molar-refractivity contribution >= 4 is 11.9 Å². The second-order valence-corrected chi connectivity index (χ2v) is 8.98. The predicted molar refractivity (Wildman–Crippen MR) is 135 cm³/mol. The third-order valence-electron chi connectivity index (χ3n) is 5.92. The molecule has 0 bridgehead atoms. The molecule has 0 aliphatic carbocycles. The summed E-state index contributed by atoms with van der Waals surface area (Å²) in [5.74, 6) is 0.394. The van der Waals surface area contributed by atoms with Crippen LogP contribution < -0.4 is 15.8 Å². The van der Waals surface area contributed by atoms with E-state index in [4.69, 9.17) is 19.9 Å². The van der Waals surface area contributed by atoms with Gasteiger partial charge in [-0.25, -0.2) is 0 Å². The maximum Gasteiger partial charge on any atom is 0.302 e. The number of esters is 2. The van der Waals surface area contributed by atoms with Gasteiger partial charge in [0.15, 0.2) is 11.5 Å². The summed E-state index contributed by atoms with van der Waals surface area (Å²) in [5.41, 5.74) is 8.57. The summed E-state index contributed by atoms with van der Waals surface area (Å²) >= 11 is 0. The summed E-state index contributed by atoms with van der Waals surface area (Å²) in [6, 6.07) is 3.75. The van der Waals surface area contributed by atoms with Gasteiger partial charge in [-0.05, 0) is 49.0 Å². The first-order valence-corrected chi connectivity index (χ1v) is 12.3. The highest BCUT2D eigenvalue weighted by Crippen LogP contribution is 2.34. The number of aryl methyl sites for hydroxylation is 1. The molecule has 1 aliphatic heterocycles. The number of carbonyl (C=O) groups excluding carboxylic acids is 2. The van der Waals surface area contributed by atoms with Crippen molar-refractivity contribution in [2.75, 3.05) is 13.7 Å². The number of nitrogens with one attached hydrogen (secondary N) is 1. The highest BCUT2D eigenvalue weighted by Gasteiger charge is 2.22. The average molecular weight is 489 g/mol. The molecule has 0 spiro atoms. The number of dihydropyridines is 1. The van der Waals surface area contributed by atoms with Crippen LogP contribution >= 0.6 is 0 Å². The normalized spacial score (nSPS) is 14.7. The lowest BCUT2D eigenvalue weighted by Gasteiger charge is -2.24. The van der Waals surface area contributed by atoms with E-state index in [0.717, 1.165) is 42.4 Å². The Kier molecular flexibility index (Phi) is 11.5. The van der Waals surface area contributed by atoms with Gasteiger partial charge < -0.3 is 30.4 Å². The zero-order valence-corrected chi connectivity index (χ0v) is 21.4. The molecule has 0 radical (unpaired) electrons. The van der Waals surface area contributed by atoms with Crippen molar-refractivity contribution in [1.29, 1.82) is 0 Å². The number of hydrogen-bond acceptors (Lipinski definition) is 8. The van der Waals surface area contributed by atoms with Crippen molar-refractivity contribution in [3.63, 3.8) is 0 Å². The van der Waals surface area contributed by atoms with Gasteiger partial charge in [0, 0.05) is 38.8 Å². The zero-order chi connectivity index (χ0) is 25.8. The molecule has 0 saturated heterocycles. The molecule has 1 aromatic rings. The molecule has 194 valence electrons. The lowest BCUT2D eigenvalue weighted by atomic mass is 9.96. The second-order valence-electron chi connectivity index (χ2n) is 8.98. The number of ether oxygens (including phenoxy) is 3. The Bertz CT molecular complexity index is 924. The van der Waals surface area contributed by atoms with Crippen LogP contribution in [-0.4, -0.2) is 42.9 Å². The number of rotatable bonds is 14. The lowest BCUT2D eigenvalue weighted by molar-refractivity contribution is -0.153. The van der Waals surface area contributed by atoms with Crippen LogP contribution in [0.2, 0.25) is 0 Å². The molecule has 8 heteroatoms. The molecule has 2 unspecified atom stereocenters. The fourth-order valence-electron chi connectivity index (χ4n) is 4.28. The second kappa shape index (κ2) is 14.3. The van der Waals surface area contributed by atoms with Gasteiger partial charge in [0.2, 0.25) is 0 Å². The van der Waals surface area contributed by atoms with E-state index in [1.54, 1.807) is 6.07 Å². The maximum absolute atomic E-state index is 11.8. The zero-order valence-electron chi connectivity index (χ0n) is 21.4. The standard InChI is InChI=1S/C27H40N2O6/c1-5-6-7-8-23(34-18(2)30)17-24(35-19(3)31)10-9-20-13-22(27(32)25(15-20)33-4)14-21-11-12-29-26(28)16-21/h11,13,15-16,23-24,29,32H,5-10,12,14,17,28H2,1-4H3. The number of methoxy groups -OCH3 is 1. The number of carbonyl (C=O) groups is 2. The summed E-state index contributed by atoms with van der Waals surface area (Å²) in [5, 5.41) is 13.7. The highest BCUT2D eigenvalue weighted by atomic mass is 16.6. The Balaban J connectivity index is 2.16. The third kappa shape index (κ3) is 9.92. The number of hydrogen-bond donors (Lipinski definition) is 3. The van der Waals surface area contributed by atoms with Crippen LogP contribution in [0, 0.1) is 0 Å². The summed E-state index contributed by atoms with van der Waals surface area (Å²) in [6.45, 7) is 5.55. The Morgan fingerprint density at radius 1 is 1.11 bits per heavy atom. The number of aromatic hydroxyl groups is 1. The molecule has 0 amide bonds. The smallest absolute Gasteiger partial charge is 0.302 e. The van der Waals surface area contributed by atoms with Gasteiger partial charge in [0.25, 0.3) is 0 Å². The van der Waals surface area contributed by atoms with E-state index < -0.39 is 6.10 Å². The molecule has 35 heavy (non-hydrogen) atoms. The van der Waals surface area contributed by atoms with E-state index >= 15 is 0 Å². The number of phenolic OH excluding ortho intramolecular Hbond substituents is 1. The fraction of sp³-hybridized carbons (Fsp3) is 0.556. The van der Waals surface area contributed by atoms with Crippen molar-refractivity contribution < 1.29 is 28.9 Å². The van der Waals surface area contributed by atoms with Crippen LogP contribution in [0.1, 0.15) is 70.4 Å². The monoisotopic (exact) mass is 488 g/mol. The van der Waals surface area contributed by atoms with Gasteiger partial charge in [0.05, 0.1) is 12.9 Å². The molecule has 1 heterocycles. The first-order chi connectivity index (χ1) is 16.7.